The third-order valence-electron chi connectivity index (χ3n) is 4.36. The molecule has 0 aliphatic rings. The van der Waals surface area contributed by atoms with E-state index in [1.807, 2.05) is 13.8 Å². The fraction of sp³-hybridized carbons (Fsp3) is 0.500. The molecule has 0 aliphatic carbocycles. The van der Waals surface area contributed by atoms with E-state index in [0.717, 1.165) is 0 Å². The number of oxazole rings is 1. The lowest BCUT2D eigenvalue weighted by atomic mass is 10.2. The predicted molar refractivity (Wildman–Crippen MR) is 117 cm³/mol. The van der Waals surface area contributed by atoms with Crippen LogP contribution in [0.3, 0.4) is 0 Å². The van der Waals surface area contributed by atoms with E-state index in [2.05, 4.69) is 10.3 Å². The minimum atomic E-state index is -0.321. The molecule has 31 heavy (non-hydrogen) atoms. The highest BCUT2D eigenvalue weighted by Crippen LogP contribution is 2.14. The number of aromatic nitrogens is 1. The second kappa shape index (κ2) is 13.8. The summed E-state index contributed by atoms with van der Waals surface area (Å²) in [5.74, 6) is -0.204. The van der Waals surface area contributed by atoms with Crippen molar-refractivity contribution in [1.29, 1.82) is 0 Å². The van der Waals surface area contributed by atoms with Gasteiger partial charge in [0.25, 0.3) is 11.8 Å². The SMILES string of the molecule is CCOCCCNC(=O)c1coc(CN(CCCOCC)C(=O)c2ccc(Cl)cc2)n1. The molecule has 0 saturated carbocycles. The Bertz CT molecular complexity index is 810. The summed E-state index contributed by atoms with van der Waals surface area (Å²) in [7, 11) is 0. The largest absolute Gasteiger partial charge is 0.446 e. The number of hydrogen-bond donors (Lipinski definition) is 1. The number of nitrogens with zero attached hydrogens (tertiary/aromatic N) is 2. The topological polar surface area (TPSA) is 93.9 Å². The van der Waals surface area contributed by atoms with E-state index in [0.29, 0.717) is 62.9 Å². The van der Waals surface area contributed by atoms with Gasteiger partial charge in [0.05, 0.1) is 6.54 Å². The summed E-state index contributed by atoms with van der Waals surface area (Å²) in [6, 6.07) is 6.70. The monoisotopic (exact) mass is 451 g/mol. The van der Waals surface area contributed by atoms with Crippen LogP contribution in [0.5, 0.6) is 0 Å². The fourth-order valence-electron chi connectivity index (χ4n) is 2.79. The highest BCUT2D eigenvalue weighted by Gasteiger charge is 2.20. The highest BCUT2D eigenvalue weighted by molar-refractivity contribution is 6.30. The summed E-state index contributed by atoms with van der Waals surface area (Å²) in [4.78, 5) is 31.1. The van der Waals surface area contributed by atoms with Crippen molar-refractivity contribution in [3.63, 3.8) is 0 Å². The molecule has 0 saturated heterocycles. The van der Waals surface area contributed by atoms with Gasteiger partial charge in [0.15, 0.2) is 5.69 Å². The van der Waals surface area contributed by atoms with Crippen LogP contribution in [0.25, 0.3) is 0 Å². The summed E-state index contributed by atoms with van der Waals surface area (Å²) in [6.45, 7) is 7.34. The minimum Gasteiger partial charge on any atom is -0.446 e. The zero-order valence-electron chi connectivity index (χ0n) is 18.1. The maximum Gasteiger partial charge on any atom is 0.273 e. The van der Waals surface area contributed by atoms with Gasteiger partial charge in [0.2, 0.25) is 5.89 Å². The number of amides is 2. The van der Waals surface area contributed by atoms with Crippen LogP contribution in [0.2, 0.25) is 5.02 Å². The van der Waals surface area contributed by atoms with E-state index < -0.39 is 0 Å². The van der Waals surface area contributed by atoms with Crippen LogP contribution in [-0.2, 0) is 16.0 Å². The van der Waals surface area contributed by atoms with E-state index in [1.54, 1.807) is 29.2 Å². The molecule has 170 valence electrons. The minimum absolute atomic E-state index is 0.144. The molecule has 0 fully saturated rings. The summed E-state index contributed by atoms with van der Waals surface area (Å²) in [5.41, 5.74) is 0.694. The molecule has 9 heteroatoms. The number of ether oxygens (including phenoxy) is 2. The fourth-order valence-corrected chi connectivity index (χ4v) is 2.92. The quantitative estimate of drug-likeness (QED) is 0.441. The van der Waals surface area contributed by atoms with E-state index in [4.69, 9.17) is 25.5 Å². The summed E-state index contributed by atoms with van der Waals surface area (Å²) in [5, 5.41) is 3.34. The van der Waals surface area contributed by atoms with Gasteiger partial charge in [-0.15, -0.1) is 0 Å². The lowest BCUT2D eigenvalue weighted by molar-refractivity contribution is 0.0695. The van der Waals surface area contributed by atoms with Crippen molar-refractivity contribution < 1.29 is 23.5 Å². The van der Waals surface area contributed by atoms with Crippen molar-refractivity contribution in [2.24, 2.45) is 0 Å². The molecule has 0 spiro atoms. The second-order valence-corrected chi connectivity index (χ2v) is 7.15. The van der Waals surface area contributed by atoms with Crippen molar-refractivity contribution >= 4 is 23.4 Å². The number of hydrogen-bond acceptors (Lipinski definition) is 6. The van der Waals surface area contributed by atoms with Gasteiger partial charge < -0.3 is 24.1 Å². The molecule has 1 heterocycles. The molecule has 0 aliphatic heterocycles. The number of carbonyl (C=O) groups is 2. The van der Waals surface area contributed by atoms with Crippen molar-refractivity contribution in [3.8, 4) is 0 Å². The number of halogens is 1. The third kappa shape index (κ3) is 8.69. The van der Waals surface area contributed by atoms with Crippen molar-refractivity contribution in [2.75, 3.05) is 39.5 Å². The Morgan fingerprint density at radius 2 is 1.77 bits per heavy atom. The first kappa shape index (κ1) is 24.8. The van der Waals surface area contributed by atoms with Crippen LogP contribution in [0.15, 0.2) is 34.9 Å². The number of benzene rings is 1. The first-order valence-electron chi connectivity index (χ1n) is 10.5. The van der Waals surface area contributed by atoms with Gasteiger partial charge in [0.1, 0.15) is 6.26 Å². The lowest BCUT2D eigenvalue weighted by Crippen LogP contribution is -2.32. The number of rotatable bonds is 14. The first-order valence-corrected chi connectivity index (χ1v) is 10.9. The molecule has 0 unspecified atom stereocenters. The van der Waals surface area contributed by atoms with E-state index >= 15 is 0 Å². The molecule has 8 nitrogen and oxygen atoms in total. The Morgan fingerprint density at radius 1 is 1.10 bits per heavy atom. The Balaban J connectivity index is 1.98. The molecule has 0 atom stereocenters. The van der Waals surface area contributed by atoms with Crippen molar-refractivity contribution in [1.82, 2.24) is 15.2 Å². The molecular weight excluding hydrogens is 422 g/mol. The standard InChI is InChI=1S/C22H30ClN3O5/c1-3-29-13-5-11-24-21(27)19-16-31-20(25-19)15-26(12-6-14-30-4-2)22(28)17-7-9-18(23)10-8-17/h7-10,16H,3-6,11-15H2,1-2H3,(H,24,27). The average molecular weight is 452 g/mol. The lowest BCUT2D eigenvalue weighted by Gasteiger charge is -2.21. The maximum absolute atomic E-state index is 13.0. The van der Waals surface area contributed by atoms with Crippen molar-refractivity contribution in [3.05, 3.63) is 52.7 Å². The molecule has 2 rings (SSSR count). The zero-order valence-corrected chi connectivity index (χ0v) is 18.8. The smallest absolute Gasteiger partial charge is 0.273 e. The molecule has 0 bridgehead atoms. The van der Waals surface area contributed by atoms with Crippen molar-refractivity contribution in [2.45, 2.75) is 33.2 Å². The van der Waals surface area contributed by atoms with Gasteiger partial charge in [0, 0.05) is 50.1 Å². The molecular formula is C22H30ClN3O5. The maximum atomic E-state index is 13.0. The second-order valence-electron chi connectivity index (χ2n) is 6.72. The van der Waals surface area contributed by atoms with Crippen LogP contribution in [0.4, 0.5) is 0 Å². The van der Waals surface area contributed by atoms with Gasteiger partial charge in [-0.2, -0.15) is 0 Å². The van der Waals surface area contributed by atoms with E-state index in [-0.39, 0.29) is 29.9 Å². The average Bonchev–Trinajstić information content (AvgIpc) is 3.24. The van der Waals surface area contributed by atoms with Crippen LogP contribution in [-0.4, -0.2) is 61.2 Å². The molecule has 2 amide bonds. The van der Waals surface area contributed by atoms with Crippen LogP contribution >= 0.6 is 11.6 Å². The Kier molecular flexibility index (Phi) is 11.1. The molecule has 0 radical (unpaired) electrons. The summed E-state index contributed by atoms with van der Waals surface area (Å²) >= 11 is 5.93. The van der Waals surface area contributed by atoms with Gasteiger partial charge in [-0.3, -0.25) is 9.59 Å². The summed E-state index contributed by atoms with van der Waals surface area (Å²) < 4.78 is 16.1. The van der Waals surface area contributed by atoms with Gasteiger partial charge >= 0.3 is 0 Å². The molecule has 1 aromatic carbocycles. The van der Waals surface area contributed by atoms with Crippen LogP contribution < -0.4 is 5.32 Å². The molecule has 1 aromatic heterocycles. The van der Waals surface area contributed by atoms with Crippen LogP contribution in [0, 0.1) is 0 Å². The van der Waals surface area contributed by atoms with Gasteiger partial charge in [-0.25, -0.2) is 4.98 Å². The van der Waals surface area contributed by atoms with E-state index in [9.17, 15) is 9.59 Å². The number of carbonyl (C=O) groups excluding carboxylic acids is 2. The Hall–Kier alpha value is -2.42. The summed E-state index contributed by atoms with van der Waals surface area (Å²) in [6.07, 6.45) is 2.69. The number of nitrogens with one attached hydrogen (secondary N) is 1. The Labute approximate surface area is 187 Å². The van der Waals surface area contributed by atoms with Crippen LogP contribution in [0.1, 0.15) is 53.4 Å². The molecule has 2 aromatic rings. The van der Waals surface area contributed by atoms with E-state index in [1.165, 1.54) is 6.26 Å². The predicted octanol–water partition coefficient (Wildman–Crippen LogP) is 3.55. The normalized spacial score (nSPS) is 10.8. The highest BCUT2D eigenvalue weighted by atomic mass is 35.5. The zero-order chi connectivity index (χ0) is 22.5. The third-order valence-corrected chi connectivity index (χ3v) is 4.62. The Morgan fingerprint density at radius 3 is 2.45 bits per heavy atom. The van der Waals surface area contributed by atoms with Gasteiger partial charge in [-0.1, -0.05) is 11.6 Å². The first-order chi connectivity index (χ1) is 15.0. The molecule has 1 N–H and O–H groups in total. The van der Waals surface area contributed by atoms with Gasteiger partial charge in [-0.05, 0) is 51.0 Å².